The fourth-order valence-electron chi connectivity index (χ4n) is 2.68. The van der Waals surface area contributed by atoms with Crippen LogP contribution in [0.3, 0.4) is 0 Å². The van der Waals surface area contributed by atoms with E-state index in [1.54, 1.807) is 19.9 Å². The van der Waals surface area contributed by atoms with Crippen LogP contribution >= 0.6 is 0 Å². The molecule has 0 radical (unpaired) electrons. The Hall–Kier alpha value is -1.78. The number of carbonyl (C=O) groups excluding carboxylic acids is 1. The van der Waals surface area contributed by atoms with Gasteiger partial charge in [0.1, 0.15) is 5.76 Å². The molecule has 1 amide bonds. The number of carboxylic acids is 1. The van der Waals surface area contributed by atoms with Gasteiger partial charge in [0.25, 0.3) is 5.91 Å². The second-order valence-electron chi connectivity index (χ2n) is 5.38. The van der Waals surface area contributed by atoms with Crippen LogP contribution in [0.1, 0.15) is 48.7 Å². The van der Waals surface area contributed by atoms with Gasteiger partial charge in [-0.2, -0.15) is 0 Å². The summed E-state index contributed by atoms with van der Waals surface area (Å²) in [4.78, 5) is 23.6. The Kier molecular flexibility index (Phi) is 3.64. The highest BCUT2D eigenvalue weighted by Crippen LogP contribution is 2.36. The number of amides is 1. The minimum atomic E-state index is -0.883. The molecular weight excluding hydrogens is 246 g/mol. The lowest BCUT2D eigenvalue weighted by Gasteiger charge is -2.38. The molecular formula is C14H19NO4. The van der Waals surface area contributed by atoms with E-state index >= 15 is 0 Å². The van der Waals surface area contributed by atoms with Crippen LogP contribution in [-0.4, -0.2) is 23.0 Å². The summed E-state index contributed by atoms with van der Waals surface area (Å²) in [5.41, 5.74) is -0.413. The Morgan fingerprint density at radius 1 is 1.47 bits per heavy atom. The number of nitrogens with one attached hydrogen (secondary N) is 1. The van der Waals surface area contributed by atoms with Crippen LogP contribution in [0.25, 0.3) is 0 Å². The summed E-state index contributed by atoms with van der Waals surface area (Å²) >= 11 is 0. The normalized spacial score (nSPS) is 26.9. The molecule has 0 aromatic carbocycles. The van der Waals surface area contributed by atoms with Gasteiger partial charge < -0.3 is 14.8 Å². The topological polar surface area (TPSA) is 79.5 Å². The number of aryl methyl sites for hydroxylation is 1. The summed E-state index contributed by atoms with van der Waals surface area (Å²) in [7, 11) is 0. The van der Waals surface area contributed by atoms with Crippen LogP contribution in [0.2, 0.25) is 0 Å². The Morgan fingerprint density at radius 2 is 2.21 bits per heavy atom. The van der Waals surface area contributed by atoms with Gasteiger partial charge in [-0.15, -0.1) is 0 Å². The molecule has 2 atom stereocenters. The maximum absolute atomic E-state index is 12.1. The molecule has 5 heteroatoms. The van der Waals surface area contributed by atoms with Crippen LogP contribution < -0.4 is 5.32 Å². The summed E-state index contributed by atoms with van der Waals surface area (Å²) in [5.74, 6) is -0.558. The minimum absolute atomic E-state index is 0.259. The van der Waals surface area contributed by atoms with Crippen molar-refractivity contribution in [2.45, 2.75) is 45.6 Å². The average Bonchev–Trinajstić information content (AvgIpc) is 2.78. The molecule has 5 nitrogen and oxygen atoms in total. The van der Waals surface area contributed by atoms with E-state index in [1.807, 2.05) is 0 Å². The highest BCUT2D eigenvalue weighted by molar-refractivity contribution is 5.95. The van der Waals surface area contributed by atoms with E-state index in [1.165, 1.54) is 6.26 Å². The van der Waals surface area contributed by atoms with Gasteiger partial charge in [-0.3, -0.25) is 9.59 Å². The number of aliphatic carboxylic acids is 1. The molecule has 0 aliphatic heterocycles. The first-order chi connectivity index (χ1) is 8.95. The maximum atomic E-state index is 12.1. The average molecular weight is 265 g/mol. The van der Waals surface area contributed by atoms with Crippen molar-refractivity contribution in [1.82, 2.24) is 5.32 Å². The number of rotatable bonds is 3. The number of carbonyl (C=O) groups is 2. The molecule has 1 heterocycles. The van der Waals surface area contributed by atoms with Crippen LogP contribution in [0.4, 0.5) is 0 Å². The molecule has 1 fully saturated rings. The highest BCUT2D eigenvalue weighted by Gasteiger charge is 2.44. The Bertz CT molecular complexity index is 493. The monoisotopic (exact) mass is 265 g/mol. The Labute approximate surface area is 112 Å². The molecule has 1 aliphatic rings. The molecule has 2 unspecified atom stereocenters. The molecule has 0 bridgehead atoms. The Balaban J connectivity index is 2.15. The van der Waals surface area contributed by atoms with Crippen molar-refractivity contribution < 1.29 is 19.1 Å². The van der Waals surface area contributed by atoms with Crippen molar-refractivity contribution in [3.63, 3.8) is 0 Å². The zero-order valence-corrected chi connectivity index (χ0v) is 11.2. The molecule has 1 aromatic heterocycles. The third kappa shape index (κ3) is 2.50. The summed E-state index contributed by atoms with van der Waals surface area (Å²) in [6, 6.07) is 1.27. The van der Waals surface area contributed by atoms with Crippen LogP contribution in [-0.2, 0) is 4.79 Å². The SMILES string of the molecule is Cc1occc1C(=O)NC1CCCCC1(C)C(=O)O. The van der Waals surface area contributed by atoms with Gasteiger partial charge in [-0.1, -0.05) is 12.8 Å². The van der Waals surface area contributed by atoms with Gasteiger partial charge in [0, 0.05) is 6.04 Å². The lowest BCUT2D eigenvalue weighted by Crippen LogP contribution is -2.52. The first-order valence-corrected chi connectivity index (χ1v) is 6.53. The van der Waals surface area contributed by atoms with E-state index in [0.29, 0.717) is 24.2 Å². The first kappa shape index (κ1) is 13.6. The molecule has 19 heavy (non-hydrogen) atoms. The smallest absolute Gasteiger partial charge is 0.311 e. The van der Waals surface area contributed by atoms with Gasteiger partial charge in [0.05, 0.1) is 17.2 Å². The van der Waals surface area contributed by atoms with Gasteiger partial charge in [0.2, 0.25) is 0 Å². The zero-order chi connectivity index (χ0) is 14.0. The van der Waals surface area contributed by atoms with Crippen molar-refractivity contribution >= 4 is 11.9 Å². The standard InChI is InChI=1S/C14H19NO4/c1-9-10(6-8-19-9)12(16)15-11-5-3-4-7-14(11,2)13(17)18/h6,8,11H,3-5,7H2,1-2H3,(H,15,16)(H,17,18). The number of hydrogen-bond donors (Lipinski definition) is 2. The largest absolute Gasteiger partial charge is 0.481 e. The lowest BCUT2D eigenvalue weighted by atomic mass is 9.71. The maximum Gasteiger partial charge on any atom is 0.311 e. The second-order valence-corrected chi connectivity index (χ2v) is 5.38. The van der Waals surface area contributed by atoms with E-state index in [-0.39, 0.29) is 11.9 Å². The van der Waals surface area contributed by atoms with Crippen molar-refractivity contribution in [2.24, 2.45) is 5.41 Å². The fourth-order valence-corrected chi connectivity index (χ4v) is 2.68. The third-order valence-corrected chi connectivity index (χ3v) is 4.11. The van der Waals surface area contributed by atoms with Crippen LogP contribution in [0.15, 0.2) is 16.7 Å². The molecule has 2 rings (SSSR count). The molecule has 1 aromatic rings. The van der Waals surface area contributed by atoms with Crippen molar-refractivity contribution in [3.05, 3.63) is 23.7 Å². The van der Waals surface area contributed by atoms with Crippen LogP contribution in [0.5, 0.6) is 0 Å². The quantitative estimate of drug-likeness (QED) is 0.879. The van der Waals surface area contributed by atoms with Gasteiger partial charge in [-0.05, 0) is 32.8 Å². The van der Waals surface area contributed by atoms with E-state index in [4.69, 9.17) is 4.42 Å². The van der Waals surface area contributed by atoms with Gasteiger partial charge in [0.15, 0.2) is 0 Å². The van der Waals surface area contributed by atoms with Gasteiger partial charge in [-0.25, -0.2) is 0 Å². The third-order valence-electron chi connectivity index (χ3n) is 4.11. The van der Waals surface area contributed by atoms with E-state index in [2.05, 4.69) is 5.32 Å². The molecule has 0 saturated heterocycles. The minimum Gasteiger partial charge on any atom is -0.481 e. The zero-order valence-electron chi connectivity index (χ0n) is 11.2. The van der Waals surface area contributed by atoms with Crippen molar-refractivity contribution in [3.8, 4) is 0 Å². The van der Waals surface area contributed by atoms with Crippen molar-refractivity contribution in [2.75, 3.05) is 0 Å². The molecule has 1 aliphatic carbocycles. The molecule has 2 N–H and O–H groups in total. The van der Waals surface area contributed by atoms with Crippen molar-refractivity contribution in [1.29, 1.82) is 0 Å². The van der Waals surface area contributed by atoms with E-state index in [0.717, 1.165) is 12.8 Å². The fraction of sp³-hybridized carbons (Fsp3) is 0.571. The first-order valence-electron chi connectivity index (χ1n) is 6.53. The number of hydrogen-bond acceptors (Lipinski definition) is 3. The van der Waals surface area contributed by atoms with E-state index < -0.39 is 11.4 Å². The summed E-state index contributed by atoms with van der Waals surface area (Å²) in [6.07, 6.45) is 4.59. The predicted octanol–water partition coefficient (Wildman–Crippen LogP) is 2.35. The Morgan fingerprint density at radius 3 is 2.79 bits per heavy atom. The van der Waals surface area contributed by atoms with Gasteiger partial charge >= 0.3 is 5.97 Å². The molecule has 1 saturated carbocycles. The molecule has 104 valence electrons. The summed E-state index contributed by atoms with van der Waals surface area (Å²) in [5, 5.41) is 12.3. The predicted molar refractivity (Wildman–Crippen MR) is 68.9 cm³/mol. The highest BCUT2D eigenvalue weighted by atomic mass is 16.4. The summed E-state index contributed by atoms with van der Waals surface area (Å²) in [6.45, 7) is 3.42. The molecule has 0 spiro atoms. The second kappa shape index (κ2) is 5.07. The summed E-state index contributed by atoms with van der Waals surface area (Å²) < 4.78 is 5.10. The van der Waals surface area contributed by atoms with Crippen LogP contribution in [0, 0.1) is 12.3 Å². The number of carboxylic acid groups (broad SMARTS) is 1. The number of furan rings is 1. The van der Waals surface area contributed by atoms with E-state index in [9.17, 15) is 14.7 Å². The lowest BCUT2D eigenvalue weighted by molar-refractivity contribution is -0.151.